The Kier molecular flexibility index (Phi) is 1.04. The van der Waals surface area contributed by atoms with Gasteiger partial charge in [-0.05, 0) is 12.2 Å². The molecule has 2 rings (SSSR count). The summed E-state index contributed by atoms with van der Waals surface area (Å²) in [5.74, 6) is -3.31. The molecule has 1 aliphatic carbocycles. The topological polar surface area (TPSA) is 90.3 Å². The standard InChI is InChI=1S/C7H6O5/c8-4-1-2-7(11)6(3-4,12-7)5(9)10/h1-3,8,11H,(H,9,10). The fourth-order valence-electron chi connectivity index (χ4n) is 1.22. The van der Waals surface area contributed by atoms with E-state index >= 15 is 0 Å². The number of hydrogen-bond donors (Lipinski definition) is 3. The van der Waals surface area contributed by atoms with Gasteiger partial charge in [0.1, 0.15) is 5.76 Å². The highest BCUT2D eigenvalue weighted by molar-refractivity contribution is 5.87. The Morgan fingerprint density at radius 1 is 1.58 bits per heavy atom. The minimum absolute atomic E-state index is 0.223. The minimum Gasteiger partial charge on any atom is -0.508 e. The van der Waals surface area contributed by atoms with E-state index in [9.17, 15) is 9.90 Å². The van der Waals surface area contributed by atoms with Crippen LogP contribution >= 0.6 is 0 Å². The molecule has 5 heteroatoms. The first-order valence-corrected chi connectivity index (χ1v) is 3.27. The summed E-state index contributed by atoms with van der Waals surface area (Å²) in [6.45, 7) is 0. The van der Waals surface area contributed by atoms with Gasteiger partial charge in [0.15, 0.2) is 0 Å². The highest BCUT2D eigenvalue weighted by Gasteiger charge is 2.74. The molecular formula is C7H6O5. The van der Waals surface area contributed by atoms with Crippen LogP contribution in [0.5, 0.6) is 0 Å². The highest BCUT2D eigenvalue weighted by Crippen LogP contribution is 2.51. The first-order chi connectivity index (χ1) is 5.50. The maximum Gasteiger partial charge on any atom is 0.346 e. The molecule has 0 aromatic heterocycles. The number of aliphatic hydroxyl groups excluding tert-OH is 1. The molecule has 0 aromatic rings. The number of carbonyl (C=O) groups is 1. The number of aliphatic carboxylic acids is 1. The van der Waals surface area contributed by atoms with Crippen LogP contribution in [0.15, 0.2) is 24.0 Å². The zero-order valence-corrected chi connectivity index (χ0v) is 5.89. The van der Waals surface area contributed by atoms with Crippen molar-refractivity contribution < 1.29 is 24.9 Å². The molecule has 1 saturated heterocycles. The molecule has 1 aliphatic heterocycles. The average Bonchev–Trinajstić information content (AvgIpc) is 2.57. The zero-order valence-electron chi connectivity index (χ0n) is 5.89. The maximum atomic E-state index is 10.6. The average molecular weight is 170 g/mol. The Morgan fingerprint density at radius 2 is 2.25 bits per heavy atom. The summed E-state index contributed by atoms with van der Waals surface area (Å²) in [7, 11) is 0. The van der Waals surface area contributed by atoms with E-state index in [2.05, 4.69) is 4.74 Å². The molecule has 1 fully saturated rings. The molecule has 0 radical (unpaired) electrons. The number of allylic oxidation sites excluding steroid dienone is 1. The third kappa shape index (κ3) is 0.621. The smallest absolute Gasteiger partial charge is 0.346 e. The van der Waals surface area contributed by atoms with Crippen molar-refractivity contribution in [1.82, 2.24) is 0 Å². The third-order valence-corrected chi connectivity index (χ3v) is 1.96. The summed E-state index contributed by atoms with van der Waals surface area (Å²) in [6.07, 6.45) is 3.26. The second-order valence-corrected chi connectivity index (χ2v) is 2.74. The van der Waals surface area contributed by atoms with Gasteiger partial charge < -0.3 is 20.1 Å². The monoisotopic (exact) mass is 170 g/mol. The molecule has 2 aliphatic rings. The lowest BCUT2D eigenvalue weighted by Gasteiger charge is -2.08. The van der Waals surface area contributed by atoms with Crippen molar-refractivity contribution in [2.75, 3.05) is 0 Å². The molecule has 1 heterocycles. The first kappa shape index (κ1) is 7.33. The number of carboxylic acid groups (broad SMARTS) is 1. The lowest BCUT2D eigenvalue weighted by molar-refractivity contribution is -0.141. The normalized spacial score (nSPS) is 43.2. The molecule has 2 unspecified atom stereocenters. The molecule has 0 spiro atoms. The van der Waals surface area contributed by atoms with E-state index in [-0.39, 0.29) is 5.76 Å². The lowest BCUT2D eigenvalue weighted by atomic mass is 9.97. The highest BCUT2D eigenvalue weighted by atomic mass is 16.8. The van der Waals surface area contributed by atoms with Crippen molar-refractivity contribution in [2.24, 2.45) is 0 Å². The predicted octanol–water partition coefficient (Wildman–Crippen LogP) is -0.460. The van der Waals surface area contributed by atoms with Crippen molar-refractivity contribution in [3.05, 3.63) is 24.0 Å². The van der Waals surface area contributed by atoms with Crippen LogP contribution in [0.1, 0.15) is 0 Å². The number of epoxide rings is 1. The number of rotatable bonds is 1. The van der Waals surface area contributed by atoms with Crippen molar-refractivity contribution in [3.8, 4) is 0 Å². The molecular weight excluding hydrogens is 164 g/mol. The van der Waals surface area contributed by atoms with Gasteiger partial charge >= 0.3 is 5.97 Å². The van der Waals surface area contributed by atoms with Gasteiger partial charge in [0.25, 0.3) is 0 Å². The number of fused-ring (bicyclic) bond motifs is 1. The Bertz CT molecular complexity index is 318. The third-order valence-electron chi connectivity index (χ3n) is 1.96. The number of hydrogen-bond acceptors (Lipinski definition) is 4. The summed E-state index contributed by atoms with van der Waals surface area (Å²) in [6, 6.07) is 0. The fourth-order valence-corrected chi connectivity index (χ4v) is 1.22. The Morgan fingerprint density at radius 3 is 2.75 bits per heavy atom. The molecule has 0 amide bonds. The molecule has 12 heavy (non-hydrogen) atoms. The van der Waals surface area contributed by atoms with Gasteiger partial charge in [0.2, 0.25) is 11.4 Å². The van der Waals surface area contributed by atoms with Gasteiger partial charge in [0, 0.05) is 6.08 Å². The molecule has 3 N–H and O–H groups in total. The van der Waals surface area contributed by atoms with Gasteiger partial charge in [-0.1, -0.05) is 0 Å². The van der Waals surface area contributed by atoms with E-state index in [0.717, 1.165) is 12.2 Å². The second kappa shape index (κ2) is 1.70. The quantitative estimate of drug-likeness (QED) is 0.463. The van der Waals surface area contributed by atoms with E-state index in [1.54, 1.807) is 0 Å². The van der Waals surface area contributed by atoms with E-state index in [1.165, 1.54) is 6.08 Å². The van der Waals surface area contributed by atoms with Crippen molar-refractivity contribution in [1.29, 1.82) is 0 Å². The fraction of sp³-hybridized carbons (Fsp3) is 0.286. The first-order valence-electron chi connectivity index (χ1n) is 3.27. The number of ether oxygens (including phenoxy) is 1. The van der Waals surface area contributed by atoms with Crippen LogP contribution < -0.4 is 0 Å². The van der Waals surface area contributed by atoms with Crippen LogP contribution in [0.25, 0.3) is 0 Å². The van der Waals surface area contributed by atoms with Crippen LogP contribution in [-0.2, 0) is 9.53 Å². The molecule has 0 saturated carbocycles. The summed E-state index contributed by atoms with van der Waals surface area (Å²) < 4.78 is 4.62. The Labute approximate surface area is 67.2 Å². The van der Waals surface area contributed by atoms with Gasteiger partial charge in [-0.25, -0.2) is 4.79 Å². The van der Waals surface area contributed by atoms with E-state index in [1.807, 2.05) is 0 Å². The SMILES string of the molecule is O=C(O)C12C=C(O)C=CC1(O)O2. The molecule has 0 bridgehead atoms. The zero-order chi connectivity index (χ0) is 8.98. The van der Waals surface area contributed by atoms with Crippen LogP contribution in [0.2, 0.25) is 0 Å². The van der Waals surface area contributed by atoms with Gasteiger partial charge in [-0.2, -0.15) is 0 Å². The van der Waals surface area contributed by atoms with Crippen molar-refractivity contribution >= 4 is 5.97 Å². The number of aliphatic hydroxyl groups is 2. The van der Waals surface area contributed by atoms with E-state index < -0.39 is 17.4 Å². The van der Waals surface area contributed by atoms with Gasteiger partial charge in [-0.3, -0.25) is 0 Å². The Balaban J connectivity index is 2.44. The van der Waals surface area contributed by atoms with Crippen LogP contribution in [0.4, 0.5) is 0 Å². The molecule has 64 valence electrons. The Hall–Kier alpha value is -1.33. The van der Waals surface area contributed by atoms with E-state index in [0.29, 0.717) is 0 Å². The van der Waals surface area contributed by atoms with Crippen LogP contribution in [0, 0.1) is 0 Å². The minimum atomic E-state index is -1.77. The molecule has 5 nitrogen and oxygen atoms in total. The second-order valence-electron chi connectivity index (χ2n) is 2.74. The summed E-state index contributed by atoms with van der Waals surface area (Å²) in [4.78, 5) is 10.6. The summed E-state index contributed by atoms with van der Waals surface area (Å²) in [5, 5.41) is 26.9. The molecule has 0 aromatic carbocycles. The molecule has 2 atom stereocenters. The summed E-state index contributed by atoms with van der Waals surface area (Å²) >= 11 is 0. The largest absolute Gasteiger partial charge is 0.508 e. The number of carboxylic acids is 1. The summed E-state index contributed by atoms with van der Waals surface area (Å²) in [5.41, 5.74) is -1.77. The van der Waals surface area contributed by atoms with Crippen molar-refractivity contribution in [2.45, 2.75) is 11.4 Å². The van der Waals surface area contributed by atoms with Gasteiger partial charge in [-0.15, -0.1) is 0 Å². The maximum absolute atomic E-state index is 10.6. The van der Waals surface area contributed by atoms with Crippen molar-refractivity contribution in [3.63, 3.8) is 0 Å². The lowest BCUT2D eigenvalue weighted by Crippen LogP contribution is -2.33. The van der Waals surface area contributed by atoms with Gasteiger partial charge in [0.05, 0.1) is 0 Å². The van der Waals surface area contributed by atoms with Crippen LogP contribution in [-0.4, -0.2) is 32.7 Å². The van der Waals surface area contributed by atoms with Crippen LogP contribution in [0.3, 0.4) is 0 Å². The predicted molar refractivity (Wildman–Crippen MR) is 36.3 cm³/mol. The van der Waals surface area contributed by atoms with E-state index in [4.69, 9.17) is 10.2 Å².